The van der Waals surface area contributed by atoms with Gasteiger partial charge in [-0.2, -0.15) is 0 Å². The zero-order valence-corrected chi connectivity index (χ0v) is 22.3. The van der Waals surface area contributed by atoms with Crippen LogP contribution in [0.4, 0.5) is 0 Å². The van der Waals surface area contributed by atoms with E-state index in [1.165, 1.54) is 56.9 Å². The Bertz CT molecular complexity index is 696. The van der Waals surface area contributed by atoms with Gasteiger partial charge in [-0.1, -0.05) is 88.6 Å². The molecule has 0 saturated carbocycles. The topological polar surface area (TPSA) is 87.9 Å². The number of likely N-dealkylation sites (tertiary alicyclic amines) is 1. The molecule has 1 amide bonds. The molecule has 1 aromatic carbocycles. The second-order valence-electron chi connectivity index (χ2n) is 10.1. The number of rotatable bonds is 18. The Morgan fingerprint density at radius 1 is 0.914 bits per heavy atom. The molecule has 1 saturated heterocycles. The van der Waals surface area contributed by atoms with E-state index in [4.69, 9.17) is 11.5 Å². The van der Waals surface area contributed by atoms with Crippen LogP contribution in [0, 0.1) is 0 Å². The van der Waals surface area contributed by atoms with Crippen LogP contribution in [0.3, 0.4) is 0 Å². The van der Waals surface area contributed by atoms with E-state index in [-0.39, 0.29) is 5.96 Å². The molecule has 35 heavy (non-hydrogen) atoms. The van der Waals surface area contributed by atoms with Gasteiger partial charge in [-0.3, -0.25) is 9.79 Å². The first kappa shape index (κ1) is 29.2. The number of aliphatic imine (C=N–C) groups is 1. The maximum atomic E-state index is 12.7. The molecule has 0 spiro atoms. The third kappa shape index (κ3) is 13.0. The number of carbonyl (C=O) groups excluding carboxylic acids is 1. The van der Waals surface area contributed by atoms with Crippen LogP contribution in [0.1, 0.15) is 96.0 Å². The van der Waals surface area contributed by atoms with Gasteiger partial charge in [0, 0.05) is 45.2 Å². The summed E-state index contributed by atoms with van der Waals surface area (Å²) in [6, 6.07) is 11.2. The van der Waals surface area contributed by atoms with Gasteiger partial charge in [0.25, 0.3) is 0 Å². The highest BCUT2D eigenvalue weighted by Crippen LogP contribution is 2.19. The molecule has 1 heterocycles. The van der Waals surface area contributed by atoms with Crippen LogP contribution >= 0.6 is 0 Å². The van der Waals surface area contributed by atoms with Crippen LogP contribution in [0.15, 0.2) is 35.3 Å². The van der Waals surface area contributed by atoms with Crippen LogP contribution in [-0.2, 0) is 11.2 Å². The molecule has 1 aromatic rings. The number of hydrogen-bond donors (Lipinski definition) is 2. The largest absolute Gasteiger partial charge is 0.370 e. The Labute approximate surface area is 214 Å². The normalized spacial score (nSPS) is 14.7. The molecule has 0 bridgehead atoms. The van der Waals surface area contributed by atoms with Crippen molar-refractivity contribution in [2.24, 2.45) is 16.5 Å². The van der Waals surface area contributed by atoms with Crippen molar-refractivity contribution in [1.82, 2.24) is 9.80 Å². The van der Waals surface area contributed by atoms with E-state index in [0.717, 1.165) is 64.8 Å². The third-order valence-corrected chi connectivity index (χ3v) is 7.28. The molecule has 0 radical (unpaired) electrons. The minimum atomic E-state index is 0.201. The summed E-state index contributed by atoms with van der Waals surface area (Å²) in [6.07, 6.45) is 16.5. The van der Waals surface area contributed by atoms with Crippen LogP contribution in [0.2, 0.25) is 0 Å². The summed E-state index contributed by atoms with van der Waals surface area (Å²) in [5, 5.41) is 0. The SMILES string of the molecule is CCC(=O)N(CCCCCCCCCCCCN=C(N)N)C1CCN(CCc2ccccc2)CC1. The van der Waals surface area contributed by atoms with Gasteiger partial charge in [0.05, 0.1) is 0 Å². The lowest BCUT2D eigenvalue weighted by Crippen LogP contribution is -2.48. The van der Waals surface area contributed by atoms with Crippen molar-refractivity contribution in [3.05, 3.63) is 35.9 Å². The smallest absolute Gasteiger partial charge is 0.222 e. The fourth-order valence-corrected chi connectivity index (χ4v) is 5.12. The first-order valence-electron chi connectivity index (χ1n) is 14.2. The summed E-state index contributed by atoms with van der Waals surface area (Å²) in [5.74, 6) is 0.541. The van der Waals surface area contributed by atoms with Gasteiger partial charge in [0.15, 0.2) is 5.96 Å². The van der Waals surface area contributed by atoms with Crippen molar-refractivity contribution in [1.29, 1.82) is 0 Å². The first-order chi connectivity index (χ1) is 17.1. The van der Waals surface area contributed by atoms with Gasteiger partial charge in [-0.25, -0.2) is 0 Å². The van der Waals surface area contributed by atoms with E-state index >= 15 is 0 Å². The number of benzene rings is 1. The Morgan fingerprint density at radius 2 is 1.49 bits per heavy atom. The molecular formula is C29H51N5O. The fourth-order valence-electron chi connectivity index (χ4n) is 5.12. The Balaban J connectivity index is 1.52. The van der Waals surface area contributed by atoms with Gasteiger partial charge in [0.2, 0.25) is 5.91 Å². The zero-order chi connectivity index (χ0) is 25.1. The summed E-state index contributed by atoms with van der Waals surface area (Å²) < 4.78 is 0. The summed E-state index contributed by atoms with van der Waals surface area (Å²) >= 11 is 0. The second-order valence-corrected chi connectivity index (χ2v) is 10.1. The minimum absolute atomic E-state index is 0.201. The Kier molecular flexibility index (Phi) is 15.2. The quantitative estimate of drug-likeness (QED) is 0.172. The zero-order valence-electron chi connectivity index (χ0n) is 22.3. The number of carbonyl (C=O) groups is 1. The van der Waals surface area contributed by atoms with E-state index in [1.807, 2.05) is 6.92 Å². The van der Waals surface area contributed by atoms with Crippen molar-refractivity contribution in [3.63, 3.8) is 0 Å². The number of hydrogen-bond acceptors (Lipinski definition) is 3. The van der Waals surface area contributed by atoms with Crippen molar-refractivity contribution in [2.45, 2.75) is 103 Å². The van der Waals surface area contributed by atoms with Gasteiger partial charge in [-0.15, -0.1) is 0 Å². The third-order valence-electron chi connectivity index (χ3n) is 7.28. The van der Waals surface area contributed by atoms with Crippen molar-refractivity contribution in [2.75, 3.05) is 32.7 Å². The average Bonchev–Trinajstić information content (AvgIpc) is 2.88. The van der Waals surface area contributed by atoms with Crippen LogP contribution < -0.4 is 11.5 Å². The summed E-state index contributed by atoms with van der Waals surface area (Å²) in [7, 11) is 0. The van der Waals surface area contributed by atoms with Crippen molar-refractivity contribution < 1.29 is 4.79 Å². The molecule has 6 heteroatoms. The Morgan fingerprint density at radius 3 is 2.06 bits per heavy atom. The molecule has 0 atom stereocenters. The predicted molar refractivity (Wildman–Crippen MR) is 148 cm³/mol. The highest BCUT2D eigenvalue weighted by molar-refractivity contribution is 5.76. The number of piperidine rings is 1. The molecule has 1 fully saturated rings. The van der Waals surface area contributed by atoms with Gasteiger partial charge < -0.3 is 21.3 Å². The molecule has 2 rings (SSSR count). The lowest BCUT2D eigenvalue weighted by Gasteiger charge is -2.38. The van der Waals surface area contributed by atoms with Gasteiger partial charge in [-0.05, 0) is 37.7 Å². The first-order valence-corrected chi connectivity index (χ1v) is 14.2. The Hall–Kier alpha value is -2.08. The highest BCUT2D eigenvalue weighted by Gasteiger charge is 2.26. The van der Waals surface area contributed by atoms with E-state index in [0.29, 0.717) is 18.4 Å². The second kappa shape index (κ2) is 18.2. The van der Waals surface area contributed by atoms with Gasteiger partial charge >= 0.3 is 0 Å². The number of guanidine groups is 1. The van der Waals surface area contributed by atoms with Crippen molar-refractivity contribution >= 4 is 11.9 Å². The monoisotopic (exact) mass is 485 g/mol. The number of unbranched alkanes of at least 4 members (excludes halogenated alkanes) is 9. The summed E-state index contributed by atoms with van der Waals surface area (Å²) in [5.41, 5.74) is 12.1. The van der Waals surface area contributed by atoms with Crippen molar-refractivity contribution in [3.8, 4) is 0 Å². The van der Waals surface area contributed by atoms with Gasteiger partial charge in [0.1, 0.15) is 0 Å². The molecule has 4 N–H and O–H groups in total. The number of nitrogens with zero attached hydrogens (tertiary/aromatic N) is 3. The van der Waals surface area contributed by atoms with E-state index < -0.39 is 0 Å². The number of amides is 1. The lowest BCUT2D eigenvalue weighted by atomic mass is 10.0. The van der Waals surface area contributed by atoms with E-state index in [2.05, 4.69) is 45.1 Å². The van der Waals surface area contributed by atoms with E-state index in [1.54, 1.807) is 0 Å². The molecule has 1 aliphatic rings. The maximum absolute atomic E-state index is 12.7. The standard InChI is InChI=1S/C29H51N5O/c1-2-28(35)34(22-15-10-8-6-4-3-5-7-9-14-21-32-29(30)31)27-19-24-33(25-20-27)23-18-26-16-12-11-13-17-26/h11-13,16-17,27H,2-10,14-15,18-25H2,1H3,(H4,30,31,32). The molecule has 6 nitrogen and oxygen atoms in total. The lowest BCUT2D eigenvalue weighted by molar-refractivity contribution is -0.134. The van der Waals surface area contributed by atoms with Crippen LogP contribution in [0.5, 0.6) is 0 Å². The van der Waals surface area contributed by atoms with Crippen LogP contribution in [-0.4, -0.2) is 60.4 Å². The van der Waals surface area contributed by atoms with Crippen LogP contribution in [0.25, 0.3) is 0 Å². The predicted octanol–water partition coefficient (Wildman–Crippen LogP) is 5.11. The minimum Gasteiger partial charge on any atom is -0.370 e. The average molecular weight is 486 g/mol. The molecule has 0 aliphatic carbocycles. The summed E-state index contributed by atoms with van der Waals surface area (Å²) in [6.45, 7) is 7.05. The maximum Gasteiger partial charge on any atom is 0.222 e. The molecule has 1 aliphatic heterocycles. The molecule has 0 aromatic heterocycles. The molecule has 0 unspecified atom stereocenters. The van der Waals surface area contributed by atoms with E-state index in [9.17, 15) is 4.79 Å². The highest BCUT2D eigenvalue weighted by atomic mass is 16.2. The molecule has 198 valence electrons. The molecular weight excluding hydrogens is 434 g/mol. The fraction of sp³-hybridized carbons (Fsp3) is 0.724. The number of nitrogens with two attached hydrogens (primary N) is 2. The summed E-state index contributed by atoms with van der Waals surface area (Å²) in [4.78, 5) is 21.5.